The Hall–Kier alpha value is -3.65. The number of hydrogen-bond donors (Lipinski definition) is 1. The summed E-state index contributed by atoms with van der Waals surface area (Å²) < 4.78 is 5.52. The number of hydrogen-bond acceptors (Lipinski definition) is 7. The van der Waals surface area contributed by atoms with E-state index in [1.54, 1.807) is 19.3 Å². The van der Waals surface area contributed by atoms with Gasteiger partial charge >= 0.3 is 0 Å². The van der Waals surface area contributed by atoms with Gasteiger partial charge in [-0.15, -0.1) is 0 Å². The Kier molecular flexibility index (Phi) is 5.13. The van der Waals surface area contributed by atoms with Crippen molar-refractivity contribution >= 4 is 34.4 Å². The van der Waals surface area contributed by atoms with Crippen molar-refractivity contribution in [2.75, 3.05) is 44.8 Å². The van der Waals surface area contributed by atoms with Gasteiger partial charge in [0, 0.05) is 55.3 Å². The van der Waals surface area contributed by atoms with Crippen molar-refractivity contribution in [3.05, 3.63) is 54.1 Å². The molecule has 1 saturated heterocycles. The number of allylic oxidation sites excluding steroid dienone is 1. The predicted molar refractivity (Wildman–Crippen MR) is 121 cm³/mol. The molecule has 2 aliphatic heterocycles. The SMILES string of the molecule is CNC(=O)c1ccc(-c2cc(N3CCOCC3)nc3c(C4=CC=NC4)nccc23)cn1. The van der Waals surface area contributed by atoms with Gasteiger partial charge in [-0.25, -0.2) is 4.98 Å². The number of anilines is 1. The zero-order chi connectivity index (χ0) is 21.2. The molecule has 5 heterocycles. The summed E-state index contributed by atoms with van der Waals surface area (Å²) in [6, 6.07) is 7.73. The van der Waals surface area contributed by atoms with E-state index in [1.165, 1.54) is 0 Å². The van der Waals surface area contributed by atoms with Crippen LogP contribution in [0, 0.1) is 0 Å². The molecule has 0 spiro atoms. The number of nitrogens with one attached hydrogen (secondary N) is 1. The van der Waals surface area contributed by atoms with Gasteiger partial charge in [0.2, 0.25) is 0 Å². The fourth-order valence-corrected chi connectivity index (χ4v) is 3.88. The molecule has 0 aromatic carbocycles. The van der Waals surface area contributed by atoms with Crippen LogP contribution in [0.15, 0.2) is 47.7 Å². The lowest BCUT2D eigenvalue weighted by atomic mass is 10.00. The molecule has 0 atom stereocenters. The topological polar surface area (TPSA) is 92.6 Å². The fraction of sp³-hybridized carbons (Fsp3) is 0.261. The lowest BCUT2D eigenvalue weighted by Gasteiger charge is -2.28. The molecule has 1 N–H and O–H groups in total. The lowest BCUT2D eigenvalue weighted by Crippen LogP contribution is -2.36. The van der Waals surface area contributed by atoms with Crippen molar-refractivity contribution in [1.82, 2.24) is 20.3 Å². The third-order valence-corrected chi connectivity index (χ3v) is 5.53. The standard InChI is InChI=1S/C23H22N6O2/c1-24-23(30)19-3-2-15(14-27-19)18-12-20(29-8-10-31-11-9-29)28-22-17(18)5-7-26-21(22)16-4-6-25-13-16/h2-7,12,14H,8-11,13H2,1H3,(H,24,30). The van der Waals surface area contributed by atoms with Crippen LogP contribution in [0.3, 0.4) is 0 Å². The van der Waals surface area contributed by atoms with E-state index < -0.39 is 0 Å². The number of amides is 1. The first-order chi connectivity index (χ1) is 15.2. The Labute approximate surface area is 179 Å². The number of carbonyl (C=O) groups is 1. The highest BCUT2D eigenvalue weighted by Crippen LogP contribution is 2.34. The van der Waals surface area contributed by atoms with E-state index in [2.05, 4.69) is 31.2 Å². The maximum absolute atomic E-state index is 11.9. The second-order valence-corrected chi connectivity index (χ2v) is 7.38. The monoisotopic (exact) mass is 414 g/mol. The summed E-state index contributed by atoms with van der Waals surface area (Å²) in [5.74, 6) is 0.676. The highest BCUT2D eigenvalue weighted by Gasteiger charge is 2.20. The molecular formula is C23H22N6O2. The molecule has 1 amide bonds. The van der Waals surface area contributed by atoms with E-state index in [4.69, 9.17) is 9.72 Å². The molecular weight excluding hydrogens is 392 g/mol. The van der Waals surface area contributed by atoms with Crippen LogP contribution in [0.2, 0.25) is 0 Å². The highest BCUT2D eigenvalue weighted by molar-refractivity contribution is 6.03. The van der Waals surface area contributed by atoms with E-state index in [0.717, 1.165) is 52.2 Å². The number of pyridine rings is 3. The summed E-state index contributed by atoms with van der Waals surface area (Å²) >= 11 is 0. The van der Waals surface area contributed by atoms with Gasteiger partial charge < -0.3 is 15.0 Å². The summed E-state index contributed by atoms with van der Waals surface area (Å²) in [4.78, 5) is 32.5. The quantitative estimate of drug-likeness (QED) is 0.705. The van der Waals surface area contributed by atoms with Crippen molar-refractivity contribution in [1.29, 1.82) is 0 Å². The van der Waals surface area contributed by atoms with Crippen LogP contribution in [-0.2, 0) is 4.74 Å². The minimum atomic E-state index is -0.209. The number of ether oxygens (including phenoxy) is 1. The molecule has 156 valence electrons. The molecule has 8 heteroatoms. The third kappa shape index (κ3) is 3.66. The number of nitrogens with zero attached hydrogens (tertiary/aromatic N) is 5. The molecule has 1 fully saturated rings. The van der Waals surface area contributed by atoms with Gasteiger partial charge in [0.15, 0.2) is 0 Å². The van der Waals surface area contributed by atoms with E-state index >= 15 is 0 Å². The van der Waals surface area contributed by atoms with Gasteiger partial charge in [0.05, 0.1) is 31.0 Å². The van der Waals surface area contributed by atoms with Gasteiger partial charge in [-0.3, -0.25) is 19.8 Å². The lowest BCUT2D eigenvalue weighted by molar-refractivity contribution is 0.0958. The summed E-state index contributed by atoms with van der Waals surface area (Å²) in [6.45, 7) is 3.53. The predicted octanol–water partition coefficient (Wildman–Crippen LogP) is 2.36. The zero-order valence-electron chi connectivity index (χ0n) is 17.2. The third-order valence-electron chi connectivity index (χ3n) is 5.53. The second-order valence-electron chi connectivity index (χ2n) is 7.38. The maximum atomic E-state index is 11.9. The Morgan fingerprint density at radius 1 is 1.16 bits per heavy atom. The van der Waals surface area contributed by atoms with Crippen molar-refractivity contribution < 1.29 is 9.53 Å². The normalized spacial score (nSPS) is 15.9. The van der Waals surface area contributed by atoms with E-state index in [0.29, 0.717) is 25.5 Å². The van der Waals surface area contributed by atoms with E-state index in [-0.39, 0.29) is 5.91 Å². The van der Waals surface area contributed by atoms with Crippen LogP contribution in [-0.4, -0.2) is 67.0 Å². The first-order valence-electron chi connectivity index (χ1n) is 10.2. The van der Waals surface area contributed by atoms with E-state index in [1.807, 2.05) is 30.6 Å². The van der Waals surface area contributed by atoms with Crippen LogP contribution < -0.4 is 10.2 Å². The second kappa shape index (κ2) is 8.23. The Bertz CT molecular complexity index is 1200. The van der Waals surface area contributed by atoms with Crippen molar-refractivity contribution in [3.8, 4) is 11.1 Å². The molecule has 2 aliphatic rings. The Morgan fingerprint density at radius 3 is 2.74 bits per heavy atom. The number of aliphatic imine (C=N–C) groups is 1. The number of carbonyl (C=O) groups excluding carboxylic acids is 1. The fourth-order valence-electron chi connectivity index (χ4n) is 3.88. The molecule has 8 nitrogen and oxygen atoms in total. The van der Waals surface area contributed by atoms with Gasteiger partial charge in [-0.1, -0.05) is 6.07 Å². The summed E-state index contributed by atoms with van der Waals surface area (Å²) in [7, 11) is 1.60. The van der Waals surface area contributed by atoms with Crippen molar-refractivity contribution in [2.45, 2.75) is 0 Å². The minimum Gasteiger partial charge on any atom is -0.378 e. The molecule has 0 aliphatic carbocycles. The molecule has 3 aromatic heterocycles. The zero-order valence-corrected chi connectivity index (χ0v) is 17.2. The number of morpholine rings is 1. The Balaban J connectivity index is 1.68. The van der Waals surface area contributed by atoms with Gasteiger partial charge in [0.25, 0.3) is 5.91 Å². The number of fused-ring (bicyclic) bond motifs is 1. The van der Waals surface area contributed by atoms with Crippen LogP contribution in [0.1, 0.15) is 16.2 Å². The number of aromatic nitrogens is 3. The van der Waals surface area contributed by atoms with Crippen molar-refractivity contribution in [3.63, 3.8) is 0 Å². The van der Waals surface area contributed by atoms with Gasteiger partial charge in [-0.2, -0.15) is 0 Å². The molecule has 3 aromatic rings. The van der Waals surface area contributed by atoms with Gasteiger partial charge in [-0.05, 0) is 29.8 Å². The van der Waals surface area contributed by atoms with Crippen LogP contribution in [0.5, 0.6) is 0 Å². The van der Waals surface area contributed by atoms with Crippen LogP contribution in [0.25, 0.3) is 27.6 Å². The molecule has 0 saturated carbocycles. The highest BCUT2D eigenvalue weighted by atomic mass is 16.5. The van der Waals surface area contributed by atoms with Crippen LogP contribution in [0.4, 0.5) is 5.82 Å². The summed E-state index contributed by atoms with van der Waals surface area (Å²) in [5, 5.41) is 3.59. The van der Waals surface area contributed by atoms with Gasteiger partial charge in [0.1, 0.15) is 11.5 Å². The average Bonchev–Trinajstić information content (AvgIpc) is 3.38. The first-order valence-corrected chi connectivity index (χ1v) is 10.2. The molecule has 0 unspecified atom stereocenters. The maximum Gasteiger partial charge on any atom is 0.269 e. The molecule has 0 bridgehead atoms. The Morgan fingerprint density at radius 2 is 2.03 bits per heavy atom. The smallest absolute Gasteiger partial charge is 0.269 e. The largest absolute Gasteiger partial charge is 0.378 e. The summed E-state index contributed by atoms with van der Waals surface area (Å²) in [6.07, 6.45) is 7.34. The average molecular weight is 414 g/mol. The molecule has 0 radical (unpaired) electrons. The first kappa shape index (κ1) is 19.3. The van der Waals surface area contributed by atoms with E-state index in [9.17, 15) is 4.79 Å². The number of rotatable bonds is 4. The summed E-state index contributed by atoms with van der Waals surface area (Å²) in [5.41, 5.74) is 5.05. The molecule has 31 heavy (non-hydrogen) atoms. The van der Waals surface area contributed by atoms with Crippen molar-refractivity contribution in [2.24, 2.45) is 4.99 Å². The van der Waals surface area contributed by atoms with Crippen LogP contribution >= 0.6 is 0 Å². The molecule has 5 rings (SSSR count). The minimum absolute atomic E-state index is 0.209.